The van der Waals surface area contributed by atoms with Gasteiger partial charge in [0.25, 0.3) is 0 Å². The summed E-state index contributed by atoms with van der Waals surface area (Å²) in [5, 5.41) is 5.53. The summed E-state index contributed by atoms with van der Waals surface area (Å²) in [5.41, 5.74) is 5.21. The fourth-order valence-electron chi connectivity index (χ4n) is 2.78. The molecule has 0 amide bonds. The molecular weight excluding hydrogens is 293 g/mol. The Balaban J connectivity index is 1.97. The van der Waals surface area contributed by atoms with Crippen molar-refractivity contribution in [2.24, 2.45) is 7.05 Å². The van der Waals surface area contributed by atoms with E-state index in [9.17, 15) is 4.39 Å². The normalized spacial score (nSPS) is 11.3. The quantitative estimate of drug-likeness (QED) is 0.617. The number of hydrogen-bond donors (Lipinski definition) is 1. The molecule has 0 saturated carbocycles. The SMILES string of the molecule is Cc1cc2c(-c3cn(C)nc3-c3ccc(F)cn3)ccnc2[nH]1. The highest BCUT2D eigenvalue weighted by Crippen LogP contribution is 2.34. The van der Waals surface area contributed by atoms with Crippen LogP contribution in [0.15, 0.2) is 42.9 Å². The van der Waals surface area contributed by atoms with E-state index in [0.29, 0.717) is 5.69 Å². The lowest BCUT2D eigenvalue weighted by molar-refractivity contribution is 0.621. The van der Waals surface area contributed by atoms with Crippen molar-refractivity contribution in [3.8, 4) is 22.5 Å². The molecule has 0 unspecified atom stereocenters. The Morgan fingerprint density at radius 1 is 1.13 bits per heavy atom. The number of rotatable bonds is 2. The molecule has 0 fully saturated rings. The van der Waals surface area contributed by atoms with Gasteiger partial charge in [0, 0.05) is 36.1 Å². The number of H-pyrrole nitrogens is 1. The molecule has 5 nitrogen and oxygen atoms in total. The Kier molecular flexibility index (Phi) is 2.97. The van der Waals surface area contributed by atoms with E-state index >= 15 is 0 Å². The van der Waals surface area contributed by atoms with E-state index < -0.39 is 0 Å². The molecule has 0 aliphatic carbocycles. The van der Waals surface area contributed by atoms with Crippen LogP contribution in [0.2, 0.25) is 0 Å². The predicted octanol–water partition coefficient (Wildman–Crippen LogP) is 3.47. The van der Waals surface area contributed by atoms with Crippen molar-refractivity contribution in [2.75, 3.05) is 0 Å². The summed E-state index contributed by atoms with van der Waals surface area (Å²) in [4.78, 5) is 11.8. The molecule has 0 radical (unpaired) electrons. The van der Waals surface area contributed by atoms with Crippen molar-refractivity contribution in [3.05, 3.63) is 54.4 Å². The molecule has 23 heavy (non-hydrogen) atoms. The van der Waals surface area contributed by atoms with E-state index in [1.165, 1.54) is 12.3 Å². The second kappa shape index (κ2) is 5.01. The third-order valence-electron chi connectivity index (χ3n) is 3.76. The largest absolute Gasteiger partial charge is 0.344 e. The van der Waals surface area contributed by atoms with Crippen LogP contribution < -0.4 is 0 Å². The van der Waals surface area contributed by atoms with Gasteiger partial charge >= 0.3 is 0 Å². The molecule has 114 valence electrons. The van der Waals surface area contributed by atoms with Gasteiger partial charge in [0.15, 0.2) is 0 Å². The fourth-order valence-corrected chi connectivity index (χ4v) is 2.78. The van der Waals surface area contributed by atoms with E-state index in [4.69, 9.17) is 0 Å². The van der Waals surface area contributed by atoms with Crippen LogP contribution in [0.5, 0.6) is 0 Å². The lowest BCUT2D eigenvalue weighted by Crippen LogP contribution is -1.90. The number of pyridine rings is 2. The molecule has 0 atom stereocenters. The highest BCUT2D eigenvalue weighted by atomic mass is 19.1. The monoisotopic (exact) mass is 307 g/mol. The molecule has 4 aromatic rings. The number of fused-ring (bicyclic) bond motifs is 1. The van der Waals surface area contributed by atoms with Gasteiger partial charge in [-0.15, -0.1) is 0 Å². The smallest absolute Gasteiger partial charge is 0.141 e. The van der Waals surface area contributed by atoms with Gasteiger partial charge in [0.2, 0.25) is 0 Å². The van der Waals surface area contributed by atoms with E-state index in [1.807, 2.05) is 26.2 Å². The first kappa shape index (κ1) is 13.6. The van der Waals surface area contributed by atoms with Gasteiger partial charge in [-0.1, -0.05) is 0 Å². The summed E-state index contributed by atoms with van der Waals surface area (Å²) in [7, 11) is 1.86. The molecule has 0 aliphatic rings. The lowest BCUT2D eigenvalue weighted by Gasteiger charge is -2.03. The van der Waals surface area contributed by atoms with E-state index in [-0.39, 0.29) is 5.82 Å². The lowest BCUT2D eigenvalue weighted by atomic mass is 10.0. The number of aryl methyl sites for hydroxylation is 2. The van der Waals surface area contributed by atoms with Gasteiger partial charge < -0.3 is 4.98 Å². The Bertz CT molecular complexity index is 998. The molecular formula is C17H14FN5. The van der Waals surface area contributed by atoms with Crippen molar-refractivity contribution < 1.29 is 4.39 Å². The van der Waals surface area contributed by atoms with Crippen molar-refractivity contribution in [2.45, 2.75) is 6.92 Å². The average molecular weight is 307 g/mol. The number of nitrogens with zero attached hydrogens (tertiary/aromatic N) is 4. The first-order chi connectivity index (χ1) is 11.1. The number of halogens is 1. The van der Waals surface area contributed by atoms with E-state index in [2.05, 4.69) is 26.1 Å². The Hall–Kier alpha value is -3.02. The summed E-state index contributed by atoms with van der Waals surface area (Å²) in [6.45, 7) is 2.00. The first-order valence-electron chi connectivity index (χ1n) is 7.22. The minimum Gasteiger partial charge on any atom is -0.344 e. The van der Waals surface area contributed by atoms with Crippen LogP contribution in [-0.4, -0.2) is 24.7 Å². The number of aromatic nitrogens is 5. The van der Waals surface area contributed by atoms with Gasteiger partial charge in [-0.25, -0.2) is 9.37 Å². The fraction of sp³-hybridized carbons (Fsp3) is 0.118. The van der Waals surface area contributed by atoms with Gasteiger partial charge in [0.1, 0.15) is 17.2 Å². The zero-order valence-corrected chi connectivity index (χ0v) is 12.7. The summed E-state index contributed by atoms with van der Waals surface area (Å²) in [6.07, 6.45) is 4.91. The molecule has 4 heterocycles. The molecule has 0 bridgehead atoms. The first-order valence-corrected chi connectivity index (χ1v) is 7.22. The third-order valence-corrected chi connectivity index (χ3v) is 3.76. The Labute approximate surface area is 131 Å². The van der Waals surface area contributed by atoms with Gasteiger partial charge in [-0.05, 0) is 36.8 Å². The third kappa shape index (κ3) is 2.28. The predicted molar refractivity (Wildman–Crippen MR) is 86.2 cm³/mol. The van der Waals surface area contributed by atoms with Crippen LogP contribution in [0.25, 0.3) is 33.5 Å². The topological polar surface area (TPSA) is 59.4 Å². The van der Waals surface area contributed by atoms with Gasteiger partial charge in [-0.3, -0.25) is 9.67 Å². The molecule has 4 aromatic heterocycles. The van der Waals surface area contributed by atoms with Gasteiger partial charge in [-0.2, -0.15) is 5.10 Å². The van der Waals surface area contributed by atoms with Crippen LogP contribution in [0.1, 0.15) is 5.69 Å². The molecule has 1 N–H and O–H groups in total. The minimum absolute atomic E-state index is 0.362. The Morgan fingerprint density at radius 2 is 2.00 bits per heavy atom. The molecule has 0 aromatic carbocycles. The average Bonchev–Trinajstić information content (AvgIpc) is 3.09. The molecule has 0 spiro atoms. The van der Waals surface area contributed by atoms with Gasteiger partial charge in [0.05, 0.1) is 11.9 Å². The van der Waals surface area contributed by atoms with E-state index in [0.717, 1.165) is 33.5 Å². The molecule has 0 saturated heterocycles. The van der Waals surface area contributed by atoms with Crippen LogP contribution in [0.3, 0.4) is 0 Å². The van der Waals surface area contributed by atoms with Crippen LogP contribution in [0, 0.1) is 12.7 Å². The summed E-state index contributed by atoms with van der Waals surface area (Å²) in [5.74, 6) is -0.362. The van der Waals surface area contributed by atoms with Crippen LogP contribution >= 0.6 is 0 Å². The Morgan fingerprint density at radius 3 is 2.78 bits per heavy atom. The van der Waals surface area contributed by atoms with Crippen molar-refractivity contribution in [1.29, 1.82) is 0 Å². The van der Waals surface area contributed by atoms with E-state index in [1.54, 1.807) is 16.9 Å². The maximum Gasteiger partial charge on any atom is 0.141 e. The highest BCUT2D eigenvalue weighted by molar-refractivity contribution is 5.96. The maximum atomic E-state index is 13.1. The zero-order chi connectivity index (χ0) is 16.0. The molecule has 4 rings (SSSR count). The summed E-state index contributed by atoms with van der Waals surface area (Å²) < 4.78 is 14.9. The zero-order valence-electron chi connectivity index (χ0n) is 12.7. The number of nitrogens with one attached hydrogen (secondary N) is 1. The number of hydrogen-bond acceptors (Lipinski definition) is 3. The molecule has 0 aliphatic heterocycles. The highest BCUT2D eigenvalue weighted by Gasteiger charge is 2.16. The van der Waals surface area contributed by atoms with Crippen molar-refractivity contribution in [3.63, 3.8) is 0 Å². The van der Waals surface area contributed by atoms with Crippen LogP contribution in [-0.2, 0) is 7.05 Å². The van der Waals surface area contributed by atoms with Crippen molar-refractivity contribution >= 4 is 11.0 Å². The molecule has 6 heteroatoms. The second-order valence-corrected chi connectivity index (χ2v) is 5.50. The summed E-state index contributed by atoms with van der Waals surface area (Å²) >= 11 is 0. The maximum absolute atomic E-state index is 13.1. The van der Waals surface area contributed by atoms with Crippen LogP contribution in [0.4, 0.5) is 4.39 Å². The second-order valence-electron chi connectivity index (χ2n) is 5.50. The van der Waals surface area contributed by atoms with Crippen molar-refractivity contribution in [1.82, 2.24) is 24.7 Å². The minimum atomic E-state index is -0.362. The standard InChI is InChI=1S/C17H14FN5/c1-10-7-13-12(5-6-19-17(13)21-10)14-9-23(2)22-16(14)15-4-3-11(18)8-20-15/h3-9H,1-2H3,(H,19,21). The summed E-state index contributed by atoms with van der Waals surface area (Å²) in [6, 6.07) is 7.05. The number of aromatic amines is 1.